The number of carboxylic acid groups (broad SMARTS) is 1. The smallest absolute Gasteiger partial charge is 0.339 e. The predicted octanol–water partition coefficient (Wildman–Crippen LogP) is 1.59. The van der Waals surface area contributed by atoms with Crippen molar-refractivity contribution in [3.8, 4) is 0 Å². The van der Waals surface area contributed by atoms with Gasteiger partial charge in [-0.1, -0.05) is 0 Å². The maximum Gasteiger partial charge on any atom is 0.339 e. The van der Waals surface area contributed by atoms with Gasteiger partial charge in [0.1, 0.15) is 17.1 Å². The van der Waals surface area contributed by atoms with Gasteiger partial charge in [0.15, 0.2) is 0 Å². The summed E-state index contributed by atoms with van der Waals surface area (Å²) in [6, 6.07) is 1.05. The monoisotopic (exact) mass is 298 g/mol. The Morgan fingerprint density at radius 2 is 2.05 bits per heavy atom. The van der Waals surface area contributed by atoms with Crippen LogP contribution >= 0.6 is 0 Å². The Morgan fingerprint density at radius 1 is 1.43 bits per heavy atom. The fraction of sp³-hybridized carbons (Fsp3) is 0.571. The molecule has 0 atom stereocenters. The number of carboxylic acids is 1. The number of urea groups is 1. The van der Waals surface area contributed by atoms with E-state index in [1.54, 1.807) is 20.8 Å². The van der Waals surface area contributed by atoms with Gasteiger partial charge in [0, 0.05) is 6.54 Å². The topological polar surface area (TPSA) is 103 Å². The molecule has 1 aromatic rings. The van der Waals surface area contributed by atoms with Crippen molar-refractivity contribution in [3.63, 3.8) is 0 Å². The molecule has 0 aliphatic carbocycles. The number of nitrogens with zero attached hydrogens (tertiary/aromatic N) is 1. The maximum absolute atomic E-state index is 12.0. The highest BCUT2D eigenvalue weighted by Gasteiger charge is 2.21. The first-order chi connectivity index (χ1) is 9.64. The zero-order valence-electron chi connectivity index (χ0n) is 12.8. The van der Waals surface area contributed by atoms with Crippen molar-refractivity contribution in [2.24, 2.45) is 0 Å². The molecule has 0 fully saturated rings. The van der Waals surface area contributed by atoms with Crippen molar-refractivity contribution < 1.29 is 24.2 Å². The molecule has 118 valence electrons. The second kappa shape index (κ2) is 6.62. The van der Waals surface area contributed by atoms with Gasteiger partial charge >= 0.3 is 12.0 Å². The van der Waals surface area contributed by atoms with Gasteiger partial charge in [-0.25, -0.2) is 9.59 Å². The number of aliphatic hydroxyl groups is 1. The molecule has 0 aromatic carbocycles. The molecule has 21 heavy (non-hydrogen) atoms. The highest BCUT2D eigenvalue weighted by molar-refractivity contribution is 5.88. The van der Waals surface area contributed by atoms with E-state index in [-0.39, 0.29) is 24.7 Å². The summed E-state index contributed by atoms with van der Waals surface area (Å²) >= 11 is 0. The number of nitrogens with one attached hydrogen (secondary N) is 1. The van der Waals surface area contributed by atoms with Crippen LogP contribution in [0.25, 0.3) is 0 Å². The number of aromatic carboxylic acids is 1. The first kappa shape index (κ1) is 17.0. The molecule has 0 saturated heterocycles. The Labute approximate surface area is 123 Å². The van der Waals surface area contributed by atoms with Crippen molar-refractivity contribution in [1.82, 2.24) is 10.2 Å². The van der Waals surface area contributed by atoms with Crippen LogP contribution in [0.4, 0.5) is 4.79 Å². The molecule has 2 amide bonds. The van der Waals surface area contributed by atoms with Gasteiger partial charge in [0.05, 0.1) is 18.7 Å². The van der Waals surface area contributed by atoms with Crippen LogP contribution < -0.4 is 5.32 Å². The summed E-state index contributed by atoms with van der Waals surface area (Å²) in [6.07, 6.45) is 0. The summed E-state index contributed by atoms with van der Waals surface area (Å²) < 4.78 is 5.28. The Morgan fingerprint density at radius 3 is 2.48 bits per heavy atom. The molecular weight excluding hydrogens is 276 g/mol. The number of rotatable bonds is 6. The van der Waals surface area contributed by atoms with Crippen molar-refractivity contribution in [1.29, 1.82) is 0 Å². The Hall–Kier alpha value is -2.02. The lowest BCUT2D eigenvalue weighted by Crippen LogP contribution is -2.46. The molecule has 7 nitrogen and oxygen atoms in total. The minimum atomic E-state index is -1.06. The SMILES string of the molecule is CCN(CC(C)(C)O)C(=O)NCc1cc(C(=O)O)c(C)o1. The highest BCUT2D eigenvalue weighted by Crippen LogP contribution is 2.14. The van der Waals surface area contributed by atoms with Crippen LogP contribution in [0.15, 0.2) is 10.5 Å². The number of carbonyl (C=O) groups excluding carboxylic acids is 1. The van der Waals surface area contributed by atoms with E-state index in [9.17, 15) is 14.7 Å². The zero-order valence-corrected chi connectivity index (χ0v) is 12.8. The van der Waals surface area contributed by atoms with E-state index in [4.69, 9.17) is 9.52 Å². The van der Waals surface area contributed by atoms with Crippen LogP contribution in [0.3, 0.4) is 0 Å². The summed E-state index contributed by atoms with van der Waals surface area (Å²) in [5, 5.41) is 21.3. The zero-order chi connectivity index (χ0) is 16.2. The maximum atomic E-state index is 12.0. The van der Waals surface area contributed by atoms with Crippen LogP contribution in [-0.4, -0.2) is 45.8 Å². The molecule has 1 heterocycles. The molecule has 0 bridgehead atoms. The minimum absolute atomic E-state index is 0.0862. The molecule has 7 heteroatoms. The van der Waals surface area contributed by atoms with Gasteiger partial charge < -0.3 is 24.8 Å². The second-order valence-electron chi connectivity index (χ2n) is 5.47. The van der Waals surface area contributed by atoms with E-state index >= 15 is 0 Å². The molecule has 0 spiro atoms. The second-order valence-corrected chi connectivity index (χ2v) is 5.47. The molecule has 0 aliphatic heterocycles. The van der Waals surface area contributed by atoms with Crippen molar-refractivity contribution in [2.45, 2.75) is 39.8 Å². The van der Waals surface area contributed by atoms with Gasteiger partial charge in [0.25, 0.3) is 0 Å². The summed E-state index contributed by atoms with van der Waals surface area (Å²) in [7, 11) is 0. The molecular formula is C14H22N2O5. The van der Waals surface area contributed by atoms with Crippen LogP contribution in [0.2, 0.25) is 0 Å². The minimum Gasteiger partial charge on any atom is -0.478 e. The number of aryl methyl sites for hydroxylation is 1. The average molecular weight is 298 g/mol. The van der Waals surface area contributed by atoms with Crippen LogP contribution in [0.5, 0.6) is 0 Å². The van der Waals surface area contributed by atoms with Gasteiger partial charge in [-0.05, 0) is 33.8 Å². The molecule has 0 aliphatic rings. The number of amides is 2. The van der Waals surface area contributed by atoms with Crippen LogP contribution in [0, 0.1) is 6.92 Å². The molecule has 1 aromatic heterocycles. The first-order valence-electron chi connectivity index (χ1n) is 6.71. The van der Waals surface area contributed by atoms with E-state index in [0.717, 1.165) is 0 Å². The third-order valence-corrected chi connectivity index (χ3v) is 2.86. The van der Waals surface area contributed by atoms with E-state index in [1.165, 1.54) is 11.0 Å². The lowest BCUT2D eigenvalue weighted by molar-refractivity contribution is 0.0479. The molecule has 0 saturated carbocycles. The molecule has 0 radical (unpaired) electrons. The van der Waals surface area contributed by atoms with Gasteiger partial charge in [0.2, 0.25) is 0 Å². The van der Waals surface area contributed by atoms with Crippen molar-refractivity contribution >= 4 is 12.0 Å². The fourth-order valence-corrected chi connectivity index (χ4v) is 1.91. The van der Waals surface area contributed by atoms with Crippen molar-refractivity contribution in [2.75, 3.05) is 13.1 Å². The van der Waals surface area contributed by atoms with Gasteiger partial charge in [-0.3, -0.25) is 0 Å². The number of likely N-dealkylation sites (N-methyl/N-ethyl adjacent to an activating group) is 1. The molecule has 0 unspecified atom stereocenters. The molecule has 3 N–H and O–H groups in total. The third kappa shape index (κ3) is 5.11. The standard InChI is InChI=1S/C14H22N2O5/c1-5-16(8-14(3,4)20)13(19)15-7-10-6-11(12(17)18)9(2)21-10/h6,20H,5,7-8H2,1-4H3,(H,15,19)(H,17,18). The van der Waals surface area contributed by atoms with E-state index in [1.807, 2.05) is 6.92 Å². The number of hydrogen-bond acceptors (Lipinski definition) is 4. The lowest BCUT2D eigenvalue weighted by atomic mass is 10.1. The summed E-state index contributed by atoms with van der Waals surface area (Å²) in [5.74, 6) is -0.390. The third-order valence-electron chi connectivity index (χ3n) is 2.86. The fourth-order valence-electron chi connectivity index (χ4n) is 1.91. The quantitative estimate of drug-likeness (QED) is 0.740. The summed E-state index contributed by atoms with van der Waals surface area (Å²) in [6.45, 7) is 7.36. The van der Waals surface area contributed by atoms with Crippen LogP contribution in [0.1, 0.15) is 42.6 Å². The predicted molar refractivity (Wildman–Crippen MR) is 76.2 cm³/mol. The van der Waals surface area contributed by atoms with Gasteiger partial charge in [-0.15, -0.1) is 0 Å². The van der Waals surface area contributed by atoms with Crippen molar-refractivity contribution in [3.05, 3.63) is 23.2 Å². The molecule has 1 rings (SSSR count). The Balaban J connectivity index is 2.63. The summed E-state index contributed by atoms with van der Waals surface area (Å²) in [4.78, 5) is 24.4. The van der Waals surface area contributed by atoms with E-state index < -0.39 is 11.6 Å². The Kier molecular flexibility index (Phi) is 5.37. The summed E-state index contributed by atoms with van der Waals surface area (Å²) in [5.41, 5.74) is -0.895. The van der Waals surface area contributed by atoms with E-state index in [2.05, 4.69) is 5.32 Å². The van der Waals surface area contributed by atoms with Crippen LogP contribution in [-0.2, 0) is 6.54 Å². The normalized spacial score (nSPS) is 11.3. The number of carbonyl (C=O) groups is 2. The van der Waals surface area contributed by atoms with Gasteiger partial charge in [-0.2, -0.15) is 0 Å². The lowest BCUT2D eigenvalue weighted by Gasteiger charge is -2.28. The first-order valence-corrected chi connectivity index (χ1v) is 6.71. The Bertz CT molecular complexity index is 516. The average Bonchev–Trinajstić information content (AvgIpc) is 2.73. The largest absolute Gasteiger partial charge is 0.478 e. The van der Waals surface area contributed by atoms with E-state index in [0.29, 0.717) is 18.1 Å². The number of hydrogen-bond donors (Lipinski definition) is 3. The number of furan rings is 1. The highest BCUT2D eigenvalue weighted by atomic mass is 16.4.